The number of sulfonamides is 1. The van der Waals surface area contributed by atoms with Crippen molar-refractivity contribution < 1.29 is 17.9 Å². The van der Waals surface area contributed by atoms with E-state index in [0.717, 1.165) is 5.69 Å². The van der Waals surface area contributed by atoms with E-state index >= 15 is 0 Å². The van der Waals surface area contributed by atoms with Gasteiger partial charge in [-0.15, -0.1) is 0 Å². The zero-order chi connectivity index (χ0) is 23.5. The lowest BCUT2D eigenvalue weighted by Crippen LogP contribution is -2.48. The fourth-order valence-electron chi connectivity index (χ4n) is 3.30. The highest BCUT2D eigenvalue weighted by molar-refractivity contribution is 7.88. The minimum Gasteiger partial charge on any atom is -0.494 e. The topological polar surface area (TPSA) is 91.0 Å². The number of piperazine rings is 1. The van der Waals surface area contributed by atoms with Crippen molar-refractivity contribution >= 4 is 67.8 Å². The van der Waals surface area contributed by atoms with Gasteiger partial charge in [-0.3, -0.25) is 10.1 Å². The molecule has 0 saturated carbocycles. The second-order valence-electron chi connectivity index (χ2n) is 7.07. The molecule has 0 unspecified atom stereocenters. The van der Waals surface area contributed by atoms with E-state index in [1.165, 1.54) is 29.8 Å². The maximum atomic E-state index is 12.6. The molecule has 2 aromatic rings. The molecule has 0 radical (unpaired) electrons. The van der Waals surface area contributed by atoms with Crippen molar-refractivity contribution in [2.75, 3.05) is 49.8 Å². The van der Waals surface area contributed by atoms with Gasteiger partial charge in [0.1, 0.15) is 5.75 Å². The highest BCUT2D eigenvalue weighted by Crippen LogP contribution is 2.32. The predicted octanol–water partition coefficient (Wildman–Crippen LogP) is 3.21. The van der Waals surface area contributed by atoms with Crippen LogP contribution in [0.15, 0.2) is 36.4 Å². The largest absolute Gasteiger partial charge is 0.494 e. The van der Waals surface area contributed by atoms with Crippen molar-refractivity contribution in [3.63, 3.8) is 0 Å². The molecule has 2 aromatic carbocycles. The number of hydrogen-bond donors (Lipinski definition) is 2. The van der Waals surface area contributed by atoms with Gasteiger partial charge in [-0.05, 0) is 48.6 Å². The fraction of sp³-hybridized carbons (Fsp3) is 0.300. The Balaban J connectivity index is 1.59. The highest BCUT2D eigenvalue weighted by atomic mass is 35.5. The Labute approximate surface area is 202 Å². The van der Waals surface area contributed by atoms with Gasteiger partial charge in [0.2, 0.25) is 10.0 Å². The Morgan fingerprint density at radius 2 is 1.72 bits per heavy atom. The van der Waals surface area contributed by atoms with Crippen LogP contribution in [0.4, 0.5) is 11.4 Å². The standard InChI is InChI=1S/C20H22Cl2N4O4S2/c1-30-18-16(11-13(21)12-17(18)22)19(27)24-20(31)23-14-3-5-15(6-4-14)25-7-9-26(10-8-25)32(2,28)29/h3-6,11-12H,7-10H2,1-2H3,(H2,23,24,27,31). The number of thiocarbonyl (C=S) groups is 1. The molecule has 2 N–H and O–H groups in total. The summed E-state index contributed by atoms with van der Waals surface area (Å²) in [4.78, 5) is 14.7. The number of nitrogens with zero attached hydrogens (tertiary/aromatic N) is 2. The van der Waals surface area contributed by atoms with E-state index in [1.807, 2.05) is 24.3 Å². The highest BCUT2D eigenvalue weighted by Gasteiger charge is 2.23. The number of anilines is 2. The average Bonchev–Trinajstić information content (AvgIpc) is 2.73. The summed E-state index contributed by atoms with van der Waals surface area (Å²) in [6, 6.07) is 10.4. The Morgan fingerprint density at radius 3 is 2.28 bits per heavy atom. The van der Waals surface area contributed by atoms with Crippen LogP contribution in [0.25, 0.3) is 0 Å². The van der Waals surface area contributed by atoms with E-state index in [0.29, 0.717) is 36.9 Å². The SMILES string of the molecule is COc1c(Cl)cc(Cl)cc1C(=O)NC(=S)Nc1ccc(N2CCN(S(C)(=O)=O)CC2)cc1. The third-order valence-corrected chi connectivity index (χ3v) is 6.89. The molecule has 1 amide bonds. The molecular weight excluding hydrogens is 495 g/mol. The molecule has 32 heavy (non-hydrogen) atoms. The van der Waals surface area contributed by atoms with Crippen molar-refractivity contribution in [2.24, 2.45) is 0 Å². The molecule has 0 aliphatic carbocycles. The number of benzene rings is 2. The molecule has 1 heterocycles. The smallest absolute Gasteiger partial charge is 0.261 e. The number of halogens is 2. The average molecular weight is 517 g/mol. The summed E-state index contributed by atoms with van der Waals surface area (Å²) >= 11 is 17.3. The third kappa shape index (κ3) is 6.02. The van der Waals surface area contributed by atoms with Gasteiger partial charge in [0.15, 0.2) is 5.11 Å². The van der Waals surface area contributed by atoms with E-state index in [2.05, 4.69) is 15.5 Å². The van der Waals surface area contributed by atoms with Crippen molar-refractivity contribution in [1.82, 2.24) is 9.62 Å². The van der Waals surface area contributed by atoms with Crippen molar-refractivity contribution in [3.8, 4) is 5.75 Å². The summed E-state index contributed by atoms with van der Waals surface area (Å²) in [6.07, 6.45) is 1.22. The summed E-state index contributed by atoms with van der Waals surface area (Å²) in [7, 11) is -1.76. The number of rotatable bonds is 5. The van der Waals surface area contributed by atoms with Crippen molar-refractivity contribution in [3.05, 3.63) is 52.0 Å². The van der Waals surface area contributed by atoms with Gasteiger partial charge in [-0.1, -0.05) is 23.2 Å². The van der Waals surface area contributed by atoms with Crippen molar-refractivity contribution in [1.29, 1.82) is 0 Å². The first-order valence-corrected chi connectivity index (χ1v) is 12.5. The predicted molar refractivity (Wildman–Crippen MR) is 132 cm³/mol. The first-order valence-electron chi connectivity index (χ1n) is 9.54. The van der Waals surface area contributed by atoms with Crippen LogP contribution in [0, 0.1) is 0 Å². The molecule has 0 bridgehead atoms. The Morgan fingerprint density at radius 1 is 1.09 bits per heavy atom. The molecule has 0 spiro atoms. The lowest BCUT2D eigenvalue weighted by Gasteiger charge is -2.34. The van der Waals surface area contributed by atoms with Gasteiger partial charge in [-0.2, -0.15) is 4.31 Å². The molecule has 3 rings (SSSR count). The van der Waals surface area contributed by atoms with Crippen LogP contribution < -0.4 is 20.3 Å². The number of ether oxygens (including phenoxy) is 1. The third-order valence-electron chi connectivity index (χ3n) is 4.88. The minimum atomic E-state index is -3.17. The number of methoxy groups -OCH3 is 1. The van der Waals surface area contributed by atoms with Crippen molar-refractivity contribution in [2.45, 2.75) is 0 Å². The van der Waals surface area contributed by atoms with E-state index in [1.54, 1.807) is 0 Å². The molecule has 1 aliphatic rings. The van der Waals surface area contributed by atoms with Gasteiger partial charge < -0.3 is 15.0 Å². The molecule has 12 heteroatoms. The normalized spacial score (nSPS) is 14.7. The molecule has 0 atom stereocenters. The Hall–Kier alpha value is -2.11. The maximum absolute atomic E-state index is 12.6. The summed E-state index contributed by atoms with van der Waals surface area (Å²) in [5, 5.41) is 6.15. The van der Waals surface area contributed by atoms with Gasteiger partial charge in [0.05, 0.1) is 24.0 Å². The van der Waals surface area contributed by atoms with Crippen LogP contribution >= 0.6 is 35.4 Å². The van der Waals surface area contributed by atoms with Crippen LogP contribution in [0.5, 0.6) is 5.75 Å². The quantitative estimate of drug-likeness (QED) is 0.589. The number of amides is 1. The fourth-order valence-corrected chi connectivity index (χ4v) is 4.91. The number of nitrogens with one attached hydrogen (secondary N) is 2. The van der Waals surface area contributed by atoms with E-state index in [-0.39, 0.29) is 21.4 Å². The first kappa shape index (κ1) is 24.5. The van der Waals surface area contributed by atoms with Gasteiger partial charge in [0, 0.05) is 42.6 Å². The summed E-state index contributed by atoms with van der Waals surface area (Å²) in [5.41, 5.74) is 1.82. The molecule has 0 aromatic heterocycles. The van der Waals surface area contributed by atoms with Crippen LogP contribution in [0.1, 0.15) is 10.4 Å². The van der Waals surface area contributed by atoms with Crippen LogP contribution in [-0.4, -0.2) is 63.3 Å². The van der Waals surface area contributed by atoms with Gasteiger partial charge in [-0.25, -0.2) is 8.42 Å². The lowest BCUT2D eigenvalue weighted by atomic mass is 10.2. The number of carbonyl (C=O) groups is 1. The van der Waals surface area contributed by atoms with E-state index in [4.69, 9.17) is 40.2 Å². The zero-order valence-electron chi connectivity index (χ0n) is 17.4. The molecule has 172 valence electrons. The second-order valence-corrected chi connectivity index (χ2v) is 10.3. The molecule has 8 nitrogen and oxygen atoms in total. The van der Waals surface area contributed by atoms with Gasteiger partial charge >= 0.3 is 0 Å². The summed E-state index contributed by atoms with van der Waals surface area (Å²) in [6.45, 7) is 2.12. The maximum Gasteiger partial charge on any atom is 0.261 e. The zero-order valence-corrected chi connectivity index (χ0v) is 20.5. The molecular formula is C20H22Cl2N4O4S2. The summed E-state index contributed by atoms with van der Waals surface area (Å²) < 4.78 is 30.0. The van der Waals surface area contributed by atoms with Crippen LogP contribution in [0.2, 0.25) is 10.0 Å². The van der Waals surface area contributed by atoms with E-state index < -0.39 is 15.9 Å². The van der Waals surface area contributed by atoms with Gasteiger partial charge in [0.25, 0.3) is 5.91 Å². The van der Waals surface area contributed by atoms with Crippen LogP contribution in [-0.2, 0) is 10.0 Å². The minimum absolute atomic E-state index is 0.0997. The number of carbonyl (C=O) groups excluding carboxylic acids is 1. The molecule has 1 fully saturated rings. The molecule has 1 aliphatic heterocycles. The second kappa shape index (κ2) is 10.2. The van der Waals surface area contributed by atoms with Crippen LogP contribution in [0.3, 0.4) is 0 Å². The van der Waals surface area contributed by atoms with E-state index in [9.17, 15) is 13.2 Å². The monoisotopic (exact) mass is 516 g/mol. The molecule has 1 saturated heterocycles. The Bertz CT molecular complexity index is 1120. The summed E-state index contributed by atoms with van der Waals surface area (Å²) in [5.74, 6) is -0.305. The lowest BCUT2D eigenvalue weighted by molar-refractivity contribution is 0.0974. The Kier molecular flexibility index (Phi) is 7.84. The first-order chi connectivity index (χ1) is 15.1. The number of hydrogen-bond acceptors (Lipinski definition) is 6.